The van der Waals surface area contributed by atoms with E-state index in [1.165, 1.54) is 0 Å². The average Bonchev–Trinajstić information content (AvgIpc) is 3.06. The van der Waals surface area contributed by atoms with Gasteiger partial charge in [-0.25, -0.2) is 9.97 Å². The number of carbonyl (C=O) groups excluding carboxylic acids is 2. The van der Waals surface area contributed by atoms with Crippen molar-refractivity contribution in [1.29, 1.82) is 0 Å². The van der Waals surface area contributed by atoms with E-state index >= 15 is 0 Å². The molecule has 12 heteroatoms. The molecule has 0 bridgehead atoms. The number of aromatic nitrogens is 2. The van der Waals surface area contributed by atoms with Crippen LogP contribution in [0.5, 0.6) is 11.8 Å². The van der Waals surface area contributed by atoms with Gasteiger partial charge >= 0.3 is 0 Å². The third-order valence-corrected chi connectivity index (χ3v) is 11.4. The van der Waals surface area contributed by atoms with Crippen LogP contribution in [-0.2, 0) is 22.7 Å². The van der Waals surface area contributed by atoms with E-state index in [2.05, 4.69) is 21.9 Å². The highest BCUT2D eigenvalue weighted by Gasteiger charge is 2.52. The summed E-state index contributed by atoms with van der Waals surface area (Å²) in [6.07, 6.45) is 1.87. The molecule has 2 spiro atoms. The molecule has 10 nitrogen and oxygen atoms in total. The highest BCUT2D eigenvalue weighted by molar-refractivity contribution is 6.39. The number of ether oxygens (including phenoxy) is 2. The molecule has 4 aliphatic rings. The van der Waals surface area contributed by atoms with Gasteiger partial charge in [0.25, 0.3) is 0 Å². The number of hydrogen-bond acceptors (Lipinski definition) is 8. The lowest BCUT2D eigenvalue weighted by Gasteiger charge is -2.59. The largest absolute Gasteiger partial charge is 0.481 e. The Kier molecular flexibility index (Phi) is 8.46. The van der Waals surface area contributed by atoms with E-state index in [1.807, 2.05) is 58.3 Å². The Balaban J connectivity index is 1.000. The molecular weight excluding hydrogens is 675 g/mol. The maximum atomic E-state index is 11.0. The number of nitrogens with zero attached hydrogens (tertiary/aromatic N) is 6. The first-order chi connectivity index (χ1) is 24.2. The fourth-order valence-corrected chi connectivity index (χ4v) is 9.05. The molecule has 6 heterocycles. The Labute approximate surface area is 301 Å². The van der Waals surface area contributed by atoms with Gasteiger partial charge in [-0.15, -0.1) is 0 Å². The predicted molar refractivity (Wildman–Crippen MR) is 192 cm³/mol. The first-order valence-corrected chi connectivity index (χ1v) is 17.5. The number of amides is 2. The first kappa shape index (κ1) is 33.0. The van der Waals surface area contributed by atoms with Crippen LogP contribution in [0.1, 0.15) is 11.1 Å². The van der Waals surface area contributed by atoms with E-state index in [0.717, 1.165) is 112 Å². The summed E-state index contributed by atoms with van der Waals surface area (Å²) in [6.45, 7) is 8.67. The van der Waals surface area contributed by atoms with Gasteiger partial charge in [-0.05, 0) is 12.1 Å². The molecule has 2 aromatic carbocycles. The minimum Gasteiger partial charge on any atom is -0.481 e. The number of halogens is 2. The molecule has 50 heavy (non-hydrogen) atoms. The number of carbonyl (C=O) groups is 2. The van der Waals surface area contributed by atoms with Crippen molar-refractivity contribution in [1.82, 2.24) is 29.6 Å². The van der Waals surface area contributed by atoms with Crippen LogP contribution >= 0.6 is 23.2 Å². The van der Waals surface area contributed by atoms with Crippen LogP contribution in [0.2, 0.25) is 10.0 Å². The standard InChI is InChI=1S/C38H38Cl2N6O4/c1-49-35-25(13-43-15-37(16-43)19-45(20-37)23-47)9-11-31(41-35)29-7-3-5-27(33(29)39)28-6-4-8-30(34(28)40)32-12-10-26(36(42-32)50-2)14-44-17-38(18-44)21-46(22-38)24-48/h3-12,23-24H,13-22H2,1-2H3. The number of likely N-dealkylation sites (tertiary alicyclic amines) is 4. The lowest BCUT2D eigenvalue weighted by Crippen LogP contribution is -2.71. The zero-order valence-corrected chi connectivity index (χ0v) is 29.6. The van der Waals surface area contributed by atoms with Crippen molar-refractivity contribution in [2.24, 2.45) is 10.8 Å². The molecule has 4 saturated heterocycles. The molecule has 8 rings (SSSR count). The summed E-state index contributed by atoms with van der Waals surface area (Å²) < 4.78 is 11.5. The molecule has 4 aliphatic heterocycles. The van der Waals surface area contributed by atoms with Gasteiger partial charge in [0.05, 0.1) is 35.7 Å². The highest BCUT2D eigenvalue weighted by atomic mass is 35.5. The molecule has 4 fully saturated rings. The van der Waals surface area contributed by atoms with Crippen molar-refractivity contribution in [3.8, 4) is 45.4 Å². The maximum absolute atomic E-state index is 11.0. The lowest BCUT2D eigenvalue weighted by atomic mass is 9.73. The van der Waals surface area contributed by atoms with Crippen LogP contribution in [0.25, 0.3) is 33.6 Å². The van der Waals surface area contributed by atoms with Crippen LogP contribution in [0.4, 0.5) is 0 Å². The Hall–Kier alpha value is -4.22. The molecule has 2 aromatic heterocycles. The SMILES string of the molecule is COc1nc(-c2cccc(-c3cccc(-c4ccc(CN5CC6(CN(C=O)C6)C5)c(OC)n4)c3Cl)c2Cl)ccc1CN1CC2(CN(C=O)C2)C1. The zero-order chi connectivity index (χ0) is 34.6. The van der Waals surface area contributed by atoms with Gasteiger partial charge in [0.15, 0.2) is 0 Å². The molecule has 0 aliphatic carbocycles. The lowest BCUT2D eigenvalue weighted by molar-refractivity contribution is -0.147. The Morgan fingerprint density at radius 2 is 0.980 bits per heavy atom. The molecule has 258 valence electrons. The predicted octanol–water partition coefficient (Wildman–Crippen LogP) is 5.35. The fraction of sp³-hybridized carbons (Fsp3) is 0.368. The second kappa shape index (κ2) is 12.8. The van der Waals surface area contributed by atoms with E-state index in [0.29, 0.717) is 33.2 Å². The summed E-state index contributed by atoms with van der Waals surface area (Å²) in [7, 11) is 3.28. The van der Waals surface area contributed by atoms with Crippen molar-refractivity contribution in [2.75, 3.05) is 66.6 Å². The van der Waals surface area contributed by atoms with E-state index < -0.39 is 0 Å². The van der Waals surface area contributed by atoms with Crippen molar-refractivity contribution in [2.45, 2.75) is 13.1 Å². The third kappa shape index (κ3) is 5.78. The summed E-state index contributed by atoms with van der Waals surface area (Å²) in [5.74, 6) is 1.13. The molecule has 0 atom stereocenters. The van der Waals surface area contributed by atoms with Crippen LogP contribution in [0.15, 0.2) is 60.7 Å². The van der Waals surface area contributed by atoms with Crippen LogP contribution in [0, 0.1) is 10.8 Å². The van der Waals surface area contributed by atoms with Gasteiger partial charge in [-0.2, -0.15) is 0 Å². The van der Waals surface area contributed by atoms with Gasteiger partial charge in [-0.3, -0.25) is 19.4 Å². The second-order valence-corrected chi connectivity index (χ2v) is 15.1. The van der Waals surface area contributed by atoms with Crippen molar-refractivity contribution < 1.29 is 19.1 Å². The van der Waals surface area contributed by atoms with E-state index in [9.17, 15) is 9.59 Å². The normalized spacial score (nSPS) is 19.0. The summed E-state index contributed by atoms with van der Waals surface area (Å²) in [4.78, 5) is 40.1. The van der Waals surface area contributed by atoms with Crippen molar-refractivity contribution in [3.05, 3.63) is 81.8 Å². The summed E-state index contributed by atoms with van der Waals surface area (Å²) in [6, 6.07) is 19.8. The van der Waals surface area contributed by atoms with Crippen molar-refractivity contribution in [3.63, 3.8) is 0 Å². The Bertz CT molecular complexity index is 1820. The Morgan fingerprint density at radius 3 is 1.34 bits per heavy atom. The Morgan fingerprint density at radius 1 is 0.600 bits per heavy atom. The molecule has 4 aromatic rings. The first-order valence-electron chi connectivity index (χ1n) is 16.7. The third-order valence-electron chi connectivity index (χ3n) is 10.6. The van der Waals surface area contributed by atoms with Gasteiger partial charge in [0.2, 0.25) is 24.6 Å². The summed E-state index contributed by atoms with van der Waals surface area (Å²) >= 11 is 14.3. The van der Waals surface area contributed by atoms with Crippen molar-refractivity contribution >= 4 is 36.0 Å². The molecular formula is C38H38Cl2N6O4. The highest BCUT2D eigenvalue weighted by Crippen LogP contribution is 2.44. The number of methoxy groups -OCH3 is 2. The van der Waals surface area contributed by atoms with Gasteiger partial charge < -0.3 is 19.3 Å². The molecule has 0 N–H and O–H groups in total. The molecule has 0 saturated carbocycles. The van der Waals surface area contributed by atoms with Gasteiger partial charge in [0.1, 0.15) is 0 Å². The molecule has 0 radical (unpaired) electrons. The minimum absolute atomic E-state index is 0.246. The van der Waals surface area contributed by atoms with Gasteiger partial charge in [0, 0.05) is 110 Å². The van der Waals surface area contributed by atoms with Crippen LogP contribution in [0.3, 0.4) is 0 Å². The van der Waals surface area contributed by atoms with E-state index in [4.69, 9.17) is 42.6 Å². The fourth-order valence-electron chi connectivity index (χ4n) is 8.40. The number of pyridine rings is 2. The number of benzene rings is 2. The maximum Gasteiger partial charge on any atom is 0.218 e. The molecule has 0 unspecified atom stereocenters. The quantitative estimate of drug-likeness (QED) is 0.192. The minimum atomic E-state index is 0.246. The van der Waals surface area contributed by atoms with Gasteiger partial charge in [-0.1, -0.05) is 71.7 Å². The smallest absolute Gasteiger partial charge is 0.218 e. The average molecular weight is 714 g/mol. The van der Waals surface area contributed by atoms with E-state index in [1.54, 1.807) is 14.2 Å². The van der Waals surface area contributed by atoms with E-state index in [-0.39, 0.29) is 10.8 Å². The number of hydrogen-bond donors (Lipinski definition) is 0. The summed E-state index contributed by atoms with van der Waals surface area (Å²) in [5.41, 5.74) is 7.05. The molecule has 2 amide bonds. The summed E-state index contributed by atoms with van der Waals surface area (Å²) in [5, 5.41) is 1.08. The topological polar surface area (TPSA) is 91.3 Å². The monoisotopic (exact) mass is 712 g/mol. The number of rotatable bonds is 11. The zero-order valence-electron chi connectivity index (χ0n) is 28.1. The second-order valence-electron chi connectivity index (χ2n) is 14.4. The van der Waals surface area contributed by atoms with Crippen LogP contribution in [-0.4, -0.2) is 109 Å². The van der Waals surface area contributed by atoms with Crippen LogP contribution < -0.4 is 9.47 Å².